The number of piperidine rings is 1. The largest absolute Gasteiger partial charge is 0.486 e. The third-order valence-electron chi connectivity index (χ3n) is 6.10. The molecule has 6 nitrogen and oxygen atoms in total. The van der Waals surface area contributed by atoms with Crippen LogP contribution in [0.2, 0.25) is 0 Å². The highest BCUT2D eigenvalue weighted by atomic mass is 16.6. The van der Waals surface area contributed by atoms with Crippen LogP contribution >= 0.6 is 0 Å². The molecule has 0 unspecified atom stereocenters. The van der Waals surface area contributed by atoms with Crippen molar-refractivity contribution < 1.29 is 9.47 Å². The molecule has 3 aliphatic rings. The maximum atomic E-state index is 5.79. The van der Waals surface area contributed by atoms with Crippen LogP contribution in [-0.4, -0.2) is 54.1 Å². The van der Waals surface area contributed by atoms with Crippen LogP contribution in [0.25, 0.3) is 5.69 Å². The van der Waals surface area contributed by atoms with Crippen LogP contribution < -0.4 is 14.8 Å². The summed E-state index contributed by atoms with van der Waals surface area (Å²) in [4.78, 5) is 2.60. The van der Waals surface area contributed by atoms with Crippen LogP contribution in [-0.2, 0) is 12.8 Å². The van der Waals surface area contributed by atoms with Gasteiger partial charge in [-0.2, -0.15) is 5.10 Å². The molecule has 0 spiro atoms. The van der Waals surface area contributed by atoms with E-state index in [1.165, 1.54) is 62.3 Å². The van der Waals surface area contributed by atoms with Gasteiger partial charge in [-0.3, -0.25) is 0 Å². The summed E-state index contributed by atoms with van der Waals surface area (Å²) in [5, 5.41) is 8.71. The van der Waals surface area contributed by atoms with E-state index in [9.17, 15) is 0 Å². The monoisotopic (exact) mass is 382 g/mol. The first-order chi connectivity index (χ1) is 13.9. The molecule has 3 aliphatic heterocycles. The van der Waals surface area contributed by atoms with Crippen molar-refractivity contribution in [2.45, 2.75) is 44.9 Å². The fourth-order valence-electron chi connectivity index (χ4n) is 4.57. The molecule has 6 heteroatoms. The third-order valence-corrected chi connectivity index (χ3v) is 6.10. The van der Waals surface area contributed by atoms with Gasteiger partial charge in [-0.05, 0) is 57.3 Å². The number of hydrogen-bond acceptors (Lipinski definition) is 5. The van der Waals surface area contributed by atoms with Gasteiger partial charge in [0.2, 0.25) is 0 Å². The fraction of sp³-hybridized carbons (Fsp3) is 0.591. The number of rotatable bonds is 4. The first-order valence-corrected chi connectivity index (χ1v) is 10.9. The molecule has 1 aromatic heterocycles. The second kappa shape index (κ2) is 8.03. The molecule has 1 saturated heterocycles. The van der Waals surface area contributed by atoms with Gasteiger partial charge >= 0.3 is 0 Å². The molecule has 4 heterocycles. The Morgan fingerprint density at radius 2 is 1.82 bits per heavy atom. The highest BCUT2D eigenvalue weighted by molar-refractivity contribution is 5.57. The molecule has 0 atom stereocenters. The third kappa shape index (κ3) is 3.58. The number of nitrogens with zero attached hydrogens (tertiary/aromatic N) is 3. The van der Waals surface area contributed by atoms with Crippen LogP contribution in [0.3, 0.4) is 0 Å². The molecule has 0 bridgehead atoms. The second-order valence-electron chi connectivity index (χ2n) is 8.05. The summed E-state index contributed by atoms with van der Waals surface area (Å²) in [5.74, 6) is 2.81. The van der Waals surface area contributed by atoms with Crippen molar-refractivity contribution in [1.29, 1.82) is 0 Å². The first kappa shape index (κ1) is 17.9. The van der Waals surface area contributed by atoms with Gasteiger partial charge in [-0.25, -0.2) is 4.68 Å². The quantitative estimate of drug-likeness (QED) is 0.878. The molecule has 0 aliphatic carbocycles. The van der Waals surface area contributed by atoms with Gasteiger partial charge in [-0.15, -0.1) is 0 Å². The molecule has 1 aromatic carbocycles. The van der Waals surface area contributed by atoms with Crippen molar-refractivity contribution >= 4 is 5.82 Å². The minimum absolute atomic E-state index is 0.604. The lowest BCUT2D eigenvalue weighted by Gasteiger charge is -2.26. The normalized spacial score (nSPS) is 19.6. The SMILES string of the molecule is c1cc2c(cc1-n1nc(CCN3CCCCC3)c3c1NCCCC3)OCCO2. The number of likely N-dealkylation sites (tertiary alicyclic amines) is 1. The summed E-state index contributed by atoms with van der Waals surface area (Å²) in [6.45, 7) is 5.82. The van der Waals surface area contributed by atoms with E-state index < -0.39 is 0 Å². The molecule has 1 fully saturated rings. The number of anilines is 1. The highest BCUT2D eigenvalue weighted by Gasteiger charge is 2.22. The number of ether oxygens (including phenoxy) is 2. The lowest BCUT2D eigenvalue weighted by molar-refractivity contribution is 0.171. The van der Waals surface area contributed by atoms with E-state index >= 15 is 0 Å². The molecule has 5 rings (SSSR count). The van der Waals surface area contributed by atoms with Gasteiger partial charge in [0.05, 0.1) is 11.4 Å². The van der Waals surface area contributed by atoms with Gasteiger partial charge < -0.3 is 19.7 Å². The Morgan fingerprint density at radius 1 is 0.964 bits per heavy atom. The maximum absolute atomic E-state index is 5.79. The Labute approximate surface area is 166 Å². The topological polar surface area (TPSA) is 51.6 Å². The summed E-state index contributed by atoms with van der Waals surface area (Å²) in [5.41, 5.74) is 3.70. The number of nitrogens with one attached hydrogen (secondary N) is 1. The van der Waals surface area contributed by atoms with Crippen LogP contribution in [0.15, 0.2) is 18.2 Å². The number of benzene rings is 1. The van der Waals surface area contributed by atoms with Gasteiger partial charge in [0, 0.05) is 31.1 Å². The average molecular weight is 383 g/mol. The number of fused-ring (bicyclic) bond motifs is 2. The first-order valence-electron chi connectivity index (χ1n) is 10.9. The molecular weight excluding hydrogens is 352 g/mol. The van der Waals surface area contributed by atoms with Gasteiger partial charge in [-0.1, -0.05) is 6.42 Å². The van der Waals surface area contributed by atoms with E-state index in [0.717, 1.165) is 43.1 Å². The molecule has 2 aromatic rings. The summed E-state index contributed by atoms with van der Waals surface area (Å²) in [6, 6.07) is 6.15. The van der Waals surface area contributed by atoms with Crippen molar-refractivity contribution in [3.8, 4) is 17.2 Å². The lowest BCUT2D eigenvalue weighted by atomic mass is 10.1. The van der Waals surface area contributed by atoms with Crippen LogP contribution in [0.1, 0.15) is 43.4 Å². The highest BCUT2D eigenvalue weighted by Crippen LogP contribution is 2.34. The smallest absolute Gasteiger partial charge is 0.163 e. The Balaban J connectivity index is 1.45. The Kier molecular flexibility index (Phi) is 5.12. The number of hydrogen-bond donors (Lipinski definition) is 1. The van der Waals surface area contributed by atoms with Crippen molar-refractivity contribution in [2.24, 2.45) is 0 Å². The van der Waals surface area contributed by atoms with Crippen molar-refractivity contribution in [3.05, 3.63) is 29.5 Å². The molecule has 150 valence electrons. The van der Waals surface area contributed by atoms with E-state index in [0.29, 0.717) is 13.2 Å². The van der Waals surface area contributed by atoms with Crippen molar-refractivity contribution in [3.63, 3.8) is 0 Å². The molecule has 0 radical (unpaired) electrons. The zero-order valence-electron chi connectivity index (χ0n) is 16.6. The summed E-state index contributed by atoms with van der Waals surface area (Å²) >= 11 is 0. The standard InChI is InChI=1S/C22H30N4O2/c1-4-11-25(12-5-1)13-9-19-18-6-2-3-10-23-22(18)26(24-19)17-7-8-20-21(16-17)28-15-14-27-20/h7-8,16,23H,1-6,9-15H2. The van der Waals surface area contributed by atoms with Crippen molar-refractivity contribution in [2.75, 3.05) is 44.7 Å². The molecular formula is C22H30N4O2. The van der Waals surface area contributed by atoms with Crippen LogP contribution in [0.5, 0.6) is 11.5 Å². The Bertz CT molecular complexity index is 826. The summed E-state index contributed by atoms with van der Waals surface area (Å²) < 4.78 is 13.6. The van der Waals surface area contributed by atoms with Crippen LogP contribution in [0, 0.1) is 0 Å². The van der Waals surface area contributed by atoms with Crippen molar-refractivity contribution in [1.82, 2.24) is 14.7 Å². The zero-order chi connectivity index (χ0) is 18.8. The zero-order valence-corrected chi connectivity index (χ0v) is 16.6. The predicted octanol–water partition coefficient (Wildman–Crippen LogP) is 3.42. The Hall–Kier alpha value is -2.21. The van der Waals surface area contributed by atoms with Gasteiger partial charge in [0.1, 0.15) is 19.0 Å². The maximum Gasteiger partial charge on any atom is 0.163 e. The molecule has 0 saturated carbocycles. The molecule has 0 amide bonds. The molecule has 28 heavy (non-hydrogen) atoms. The predicted molar refractivity (Wildman–Crippen MR) is 110 cm³/mol. The fourth-order valence-corrected chi connectivity index (χ4v) is 4.57. The van der Waals surface area contributed by atoms with E-state index in [1.54, 1.807) is 0 Å². The summed E-state index contributed by atoms with van der Waals surface area (Å²) in [7, 11) is 0. The average Bonchev–Trinajstić information content (AvgIpc) is 2.92. The minimum Gasteiger partial charge on any atom is -0.486 e. The van der Waals surface area contributed by atoms with Crippen LogP contribution in [0.4, 0.5) is 5.82 Å². The van der Waals surface area contributed by atoms with E-state index in [1.807, 2.05) is 6.07 Å². The Morgan fingerprint density at radius 3 is 2.71 bits per heavy atom. The summed E-state index contributed by atoms with van der Waals surface area (Å²) in [6.07, 6.45) is 8.64. The van der Waals surface area contributed by atoms with E-state index in [4.69, 9.17) is 14.6 Å². The van der Waals surface area contributed by atoms with Gasteiger partial charge in [0.25, 0.3) is 0 Å². The van der Waals surface area contributed by atoms with E-state index in [-0.39, 0.29) is 0 Å². The number of aromatic nitrogens is 2. The lowest BCUT2D eigenvalue weighted by Crippen LogP contribution is -2.31. The van der Waals surface area contributed by atoms with Gasteiger partial charge in [0.15, 0.2) is 11.5 Å². The van der Waals surface area contributed by atoms with E-state index in [2.05, 4.69) is 27.0 Å². The minimum atomic E-state index is 0.604. The molecule has 1 N–H and O–H groups in total. The second-order valence-corrected chi connectivity index (χ2v) is 8.05.